The van der Waals surface area contributed by atoms with Crippen molar-refractivity contribution >= 4 is 5.91 Å². The van der Waals surface area contributed by atoms with Gasteiger partial charge in [-0.05, 0) is 26.1 Å². The van der Waals surface area contributed by atoms with Crippen LogP contribution in [0.4, 0.5) is 0 Å². The van der Waals surface area contributed by atoms with Gasteiger partial charge in [-0.1, -0.05) is 0 Å². The van der Waals surface area contributed by atoms with Gasteiger partial charge in [0.1, 0.15) is 11.8 Å². The van der Waals surface area contributed by atoms with Gasteiger partial charge >= 0.3 is 0 Å². The number of nitriles is 1. The van der Waals surface area contributed by atoms with Crippen molar-refractivity contribution in [3.05, 3.63) is 29.6 Å². The van der Waals surface area contributed by atoms with Crippen LogP contribution < -0.4 is 0 Å². The third-order valence-electron chi connectivity index (χ3n) is 3.20. The van der Waals surface area contributed by atoms with Gasteiger partial charge in [0.2, 0.25) is 0 Å². The number of aromatic nitrogens is 1. The van der Waals surface area contributed by atoms with Crippen LogP contribution in [0.3, 0.4) is 0 Å². The van der Waals surface area contributed by atoms with Crippen LogP contribution in [-0.2, 0) is 0 Å². The van der Waals surface area contributed by atoms with Crippen LogP contribution in [0.2, 0.25) is 0 Å². The van der Waals surface area contributed by atoms with Crippen molar-refractivity contribution in [2.24, 2.45) is 0 Å². The van der Waals surface area contributed by atoms with Gasteiger partial charge in [0, 0.05) is 31.9 Å². The Morgan fingerprint density at radius 3 is 2.83 bits per heavy atom. The van der Waals surface area contributed by atoms with Gasteiger partial charge in [0.15, 0.2) is 0 Å². The lowest BCUT2D eigenvalue weighted by Crippen LogP contribution is -2.52. The summed E-state index contributed by atoms with van der Waals surface area (Å²) in [6.07, 6.45) is 1.44. The third kappa shape index (κ3) is 2.49. The Balaban J connectivity index is 2.13. The second kappa shape index (κ2) is 5.15. The van der Waals surface area contributed by atoms with E-state index < -0.39 is 0 Å². The topological polar surface area (TPSA) is 60.2 Å². The lowest BCUT2D eigenvalue weighted by atomic mass is 10.1. The molecule has 5 heteroatoms. The Bertz CT molecular complexity index is 477. The minimum atomic E-state index is -0.0555. The lowest BCUT2D eigenvalue weighted by Gasteiger charge is -2.38. The van der Waals surface area contributed by atoms with E-state index in [0.29, 0.717) is 11.3 Å². The highest BCUT2D eigenvalue weighted by atomic mass is 16.2. The molecule has 5 nitrogen and oxygen atoms in total. The summed E-state index contributed by atoms with van der Waals surface area (Å²) in [6, 6.07) is 5.42. The Kier molecular flexibility index (Phi) is 3.58. The summed E-state index contributed by atoms with van der Waals surface area (Å²) in [4.78, 5) is 20.4. The molecule has 1 amide bonds. The first-order valence-corrected chi connectivity index (χ1v) is 5.97. The lowest BCUT2D eigenvalue weighted by molar-refractivity contribution is 0.0528. The van der Waals surface area contributed by atoms with Crippen LogP contribution in [0.5, 0.6) is 0 Å². The van der Waals surface area contributed by atoms with Crippen molar-refractivity contribution in [3.8, 4) is 6.07 Å². The monoisotopic (exact) mass is 244 g/mol. The Morgan fingerprint density at radius 1 is 1.50 bits per heavy atom. The fraction of sp³-hybridized carbons (Fsp3) is 0.462. The first-order valence-electron chi connectivity index (χ1n) is 5.97. The number of hydrogen-bond donors (Lipinski definition) is 0. The third-order valence-corrected chi connectivity index (χ3v) is 3.20. The van der Waals surface area contributed by atoms with Crippen molar-refractivity contribution in [2.75, 3.05) is 26.7 Å². The fourth-order valence-electron chi connectivity index (χ4n) is 2.18. The molecule has 0 aliphatic carbocycles. The van der Waals surface area contributed by atoms with E-state index in [1.54, 1.807) is 12.1 Å². The average Bonchev–Trinajstić information content (AvgIpc) is 2.38. The highest BCUT2D eigenvalue weighted by molar-refractivity contribution is 5.92. The SMILES string of the molecule is CC1CN(C)CCN1C(=O)c1ccc(C#N)cn1. The van der Waals surface area contributed by atoms with E-state index in [4.69, 9.17) is 5.26 Å². The number of rotatable bonds is 1. The number of pyridine rings is 1. The van der Waals surface area contributed by atoms with E-state index >= 15 is 0 Å². The van der Waals surface area contributed by atoms with Crippen molar-refractivity contribution < 1.29 is 4.79 Å². The predicted molar refractivity (Wildman–Crippen MR) is 66.9 cm³/mol. The quantitative estimate of drug-likeness (QED) is 0.730. The van der Waals surface area contributed by atoms with Gasteiger partial charge in [-0.2, -0.15) is 5.26 Å². The van der Waals surface area contributed by atoms with E-state index in [0.717, 1.165) is 19.6 Å². The van der Waals surface area contributed by atoms with Crippen LogP contribution in [0.1, 0.15) is 23.0 Å². The van der Waals surface area contributed by atoms with Gasteiger partial charge in [-0.3, -0.25) is 4.79 Å². The molecule has 18 heavy (non-hydrogen) atoms. The molecular weight excluding hydrogens is 228 g/mol. The molecule has 1 aliphatic heterocycles. The summed E-state index contributed by atoms with van der Waals surface area (Å²) in [5.74, 6) is -0.0555. The molecule has 1 aromatic heterocycles. The Labute approximate surface area is 107 Å². The van der Waals surface area contributed by atoms with Gasteiger partial charge < -0.3 is 9.80 Å². The number of hydrogen-bond acceptors (Lipinski definition) is 4. The molecule has 1 atom stereocenters. The maximum Gasteiger partial charge on any atom is 0.272 e. The number of amides is 1. The molecule has 0 N–H and O–H groups in total. The summed E-state index contributed by atoms with van der Waals surface area (Å²) in [7, 11) is 2.05. The van der Waals surface area contributed by atoms with E-state index in [2.05, 4.69) is 16.9 Å². The second-order valence-corrected chi connectivity index (χ2v) is 4.65. The summed E-state index contributed by atoms with van der Waals surface area (Å²) < 4.78 is 0. The van der Waals surface area contributed by atoms with Crippen molar-refractivity contribution in [3.63, 3.8) is 0 Å². The molecule has 1 aromatic rings. The molecule has 0 aromatic carbocycles. The second-order valence-electron chi connectivity index (χ2n) is 4.65. The number of carbonyl (C=O) groups is 1. The molecule has 1 aliphatic rings. The fourth-order valence-corrected chi connectivity index (χ4v) is 2.18. The van der Waals surface area contributed by atoms with Crippen LogP contribution in [-0.4, -0.2) is 53.4 Å². The van der Waals surface area contributed by atoms with Gasteiger partial charge in [-0.15, -0.1) is 0 Å². The molecule has 1 fully saturated rings. The van der Waals surface area contributed by atoms with Crippen LogP contribution in [0, 0.1) is 11.3 Å². The molecule has 0 radical (unpaired) electrons. The predicted octanol–water partition coefficient (Wildman–Crippen LogP) is 0.729. The van der Waals surface area contributed by atoms with Crippen molar-refractivity contribution in [2.45, 2.75) is 13.0 Å². The number of carbonyl (C=O) groups excluding carboxylic acids is 1. The Morgan fingerprint density at radius 2 is 2.28 bits per heavy atom. The largest absolute Gasteiger partial charge is 0.332 e. The maximum atomic E-state index is 12.3. The zero-order valence-corrected chi connectivity index (χ0v) is 10.6. The van der Waals surface area contributed by atoms with Crippen molar-refractivity contribution in [1.82, 2.24) is 14.8 Å². The first kappa shape index (κ1) is 12.5. The van der Waals surface area contributed by atoms with Crippen molar-refractivity contribution in [1.29, 1.82) is 5.26 Å². The molecular formula is C13H16N4O. The standard InChI is InChI=1S/C13H16N4O/c1-10-9-16(2)5-6-17(10)13(18)12-4-3-11(7-14)8-15-12/h3-4,8,10H,5-6,9H2,1-2H3. The zero-order chi connectivity index (χ0) is 13.1. The van der Waals surface area contributed by atoms with Crippen LogP contribution in [0.15, 0.2) is 18.3 Å². The first-order chi connectivity index (χ1) is 8.61. The van der Waals surface area contributed by atoms with E-state index in [1.165, 1.54) is 6.20 Å². The minimum absolute atomic E-state index is 0.0555. The van der Waals surface area contributed by atoms with Crippen LogP contribution in [0.25, 0.3) is 0 Å². The number of likely N-dealkylation sites (N-methyl/N-ethyl adjacent to an activating group) is 1. The molecule has 0 saturated carbocycles. The molecule has 1 unspecified atom stereocenters. The summed E-state index contributed by atoms with van der Waals surface area (Å²) >= 11 is 0. The van der Waals surface area contributed by atoms with E-state index in [1.807, 2.05) is 17.9 Å². The van der Waals surface area contributed by atoms with Gasteiger partial charge in [0.05, 0.1) is 5.56 Å². The highest BCUT2D eigenvalue weighted by Crippen LogP contribution is 2.12. The molecule has 2 rings (SSSR count). The molecule has 2 heterocycles. The highest BCUT2D eigenvalue weighted by Gasteiger charge is 2.27. The van der Waals surface area contributed by atoms with E-state index in [-0.39, 0.29) is 11.9 Å². The van der Waals surface area contributed by atoms with Gasteiger partial charge in [0.25, 0.3) is 5.91 Å². The zero-order valence-electron chi connectivity index (χ0n) is 10.6. The molecule has 1 saturated heterocycles. The average molecular weight is 244 g/mol. The number of nitrogens with zero attached hydrogens (tertiary/aromatic N) is 4. The molecule has 0 bridgehead atoms. The maximum absolute atomic E-state index is 12.3. The molecule has 94 valence electrons. The Hall–Kier alpha value is -1.93. The minimum Gasteiger partial charge on any atom is -0.332 e. The summed E-state index contributed by atoms with van der Waals surface area (Å²) in [6.45, 7) is 4.52. The smallest absolute Gasteiger partial charge is 0.272 e. The summed E-state index contributed by atoms with van der Waals surface area (Å²) in [5, 5.41) is 8.70. The van der Waals surface area contributed by atoms with Crippen LogP contribution >= 0.6 is 0 Å². The number of piperazine rings is 1. The van der Waals surface area contributed by atoms with E-state index in [9.17, 15) is 4.79 Å². The van der Waals surface area contributed by atoms with Gasteiger partial charge in [-0.25, -0.2) is 4.98 Å². The molecule has 0 spiro atoms. The normalized spacial score (nSPS) is 20.5. The summed E-state index contributed by atoms with van der Waals surface area (Å²) in [5.41, 5.74) is 0.878.